The molecule has 0 saturated carbocycles. The zero-order chi connectivity index (χ0) is 18.7. The van der Waals surface area contributed by atoms with Gasteiger partial charge in [-0.1, -0.05) is 60.4 Å². The van der Waals surface area contributed by atoms with Gasteiger partial charge in [0.05, 0.1) is 10.5 Å². The molecule has 3 nitrogen and oxygen atoms in total. The Kier molecular flexibility index (Phi) is 5.33. The number of carbonyl (C=O) groups excluding carboxylic acids is 1. The number of thioether (sulfide) groups is 1. The molecule has 134 valence electrons. The first-order valence-electron chi connectivity index (χ1n) is 7.46. The second-order valence-electron chi connectivity index (χ2n) is 5.33. The van der Waals surface area contributed by atoms with Crippen LogP contribution in [0.15, 0.2) is 53.4 Å². The highest BCUT2D eigenvalue weighted by atomic mass is 32.2. The van der Waals surface area contributed by atoms with Gasteiger partial charge in [-0.05, 0) is 18.2 Å². The summed E-state index contributed by atoms with van der Waals surface area (Å²) in [5, 5.41) is 2.51. The smallest absolute Gasteiger partial charge is 0.416 e. The number of para-hydroxylation sites is 1. The average molecular weight is 395 g/mol. The Balaban J connectivity index is 1.84. The summed E-state index contributed by atoms with van der Waals surface area (Å²) in [5.74, 6) is 0.0698. The van der Waals surface area contributed by atoms with Gasteiger partial charge in [0.15, 0.2) is 0 Å². The Hall–Kier alpha value is -2.32. The van der Waals surface area contributed by atoms with Crippen LogP contribution in [0.25, 0.3) is 6.08 Å². The van der Waals surface area contributed by atoms with Crippen molar-refractivity contribution < 1.29 is 22.7 Å². The first kappa shape index (κ1) is 18.5. The number of nitrogens with one attached hydrogen (secondary N) is 1. The maximum absolute atomic E-state index is 13.1. The van der Waals surface area contributed by atoms with Crippen LogP contribution in [-0.2, 0) is 17.6 Å². The Bertz CT molecular complexity index is 894. The van der Waals surface area contributed by atoms with Gasteiger partial charge in [0.2, 0.25) is 0 Å². The van der Waals surface area contributed by atoms with E-state index < -0.39 is 11.7 Å². The van der Waals surface area contributed by atoms with Gasteiger partial charge in [0.25, 0.3) is 5.91 Å². The highest BCUT2D eigenvalue weighted by molar-refractivity contribution is 8.26. The highest BCUT2D eigenvalue weighted by Crippen LogP contribution is 2.33. The molecule has 1 heterocycles. The molecule has 0 unspecified atom stereocenters. The number of carbonyl (C=O) groups is 1. The normalized spacial score (nSPS) is 16.0. The molecule has 0 aromatic heterocycles. The standard InChI is InChI=1S/C18H12F3NO2S2/c19-18(20,21)13-7-3-1-6-12(13)10-24-14-8-4-2-5-11(14)9-15-16(23)22-17(25)26-15/h1-9H,10H2,(H,22,23,25). The molecule has 26 heavy (non-hydrogen) atoms. The molecular formula is C18H12F3NO2S2. The predicted molar refractivity (Wildman–Crippen MR) is 98.5 cm³/mol. The molecule has 1 saturated heterocycles. The molecule has 1 fully saturated rings. The summed E-state index contributed by atoms with van der Waals surface area (Å²) >= 11 is 6.06. The van der Waals surface area contributed by atoms with E-state index in [1.165, 1.54) is 18.2 Å². The van der Waals surface area contributed by atoms with Crippen molar-refractivity contribution >= 4 is 40.3 Å². The average Bonchev–Trinajstić information content (AvgIpc) is 2.91. The number of hydrogen-bond donors (Lipinski definition) is 1. The first-order chi connectivity index (χ1) is 12.3. The van der Waals surface area contributed by atoms with Gasteiger partial charge in [-0.3, -0.25) is 4.79 Å². The molecule has 0 aliphatic carbocycles. The van der Waals surface area contributed by atoms with E-state index in [0.717, 1.165) is 17.8 Å². The summed E-state index contributed by atoms with van der Waals surface area (Å²) in [4.78, 5) is 12.2. The quantitative estimate of drug-likeness (QED) is 0.598. The van der Waals surface area contributed by atoms with Crippen LogP contribution in [0.2, 0.25) is 0 Å². The third kappa shape index (κ3) is 4.25. The van der Waals surface area contributed by atoms with E-state index in [-0.39, 0.29) is 18.1 Å². The van der Waals surface area contributed by atoms with Gasteiger partial charge in [0.1, 0.15) is 16.7 Å². The maximum Gasteiger partial charge on any atom is 0.416 e. The zero-order valence-electron chi connectivity index (χ0n) is 13.2. The topological polar surface area (TPSA) is 38.3 Å². The van der Waals surface area contributed by atoms with Crippen molar-refractivity contribution in [3.8, 4) is 5.75 Å². The summed E-state index contributed by atoms with van der Waals surface area (Å²) < 4.78 is 45.2. The molecule has 1 aliphatic rings. The van der Waals surface area contributed by atoms with E-state index in [4.69, 9.17) is 17.0 Å². The molecule has 0 radical (unpaired) electrons. The molecule has 1 aliphatic heterocycles. The second kappa shape index (κ2) is 7.51. The summed E-state index contributed by atoms with van der Waals surface area (Å²) in [5.41, 5.74) is -0.108. The lowest BCUT2D eigenvalue weighted by Gasteiger charge is -2.14. The van der Waals surface area contributed by atoms with E-state index in [1.54, 1.807) is 30.3 Å². The van der Waals surface area contributed by atoms with Gasteiger partial charge in [-0.2, -0.15) is 13.2 Å². The fourth-order valence-electron chi connectivity index (χ4n) is 2.37. The number of alkyl halides is 3. The van der Waals surface area contributed by atoms with Gasteiger partial charge >= 0.3 is 6.18 Å². The lowest BCUT2D eigenvalue weighted by molar-refractivity contribution is -0.138. The molecular weight excluding hydrogens is 383 g/mol. The van der Waals surface area contributed by atoms with Crippen LogP contribution in [0.3, 0.4) is 0 Å². The van der Waals surface area contributed by atoms with Gasteiger partial charge in [-0.15, -0.1) is 0 Å². The van der Waals surface area contributed by atoms with Crippen LogP contribution < -0.4 is 10.1 Å². The van der Waals surface area contributed by atoms with E-state index in [0.29, 0.717) is 20.5 Å². The lowest BCUT2D eigenvalue weighted by atomic mass is 10.1. The van der Waals surface area contributed by atoms with Crippen molar-refractivity contribution in [2.45, 2.75) is 12.8 Å². The molecule has 8 heteroatoms. The number of halogens is 3. The second-order valence-corrected chi connectivity index (χ2v) is 7.05. The maximum atomic E-state index is 13.1. The van der Waals surface area contributed by atoms with E-state index in [2.05, 4.69) is 5.32 Å². The highest BCUT2D eigenvalue weighted by Gasteiger charge is 2.33. The molecule has 0 spiro atoms. The molecule has 0 bridgehead atoms. The minimum Gasteiger partial charge on any atom is -0.488 e. The Morgan fingerprint density at radius 2 is 1.81 bits per heavy atom. The van der Waals surface area contributed by atoms with Crippen LogP contribution in [0.4, 0.5) is 13.2 Å². The van der Waals surface area contributed by atoms with Crippen LogP contribution in [0.5, 0.6) is 5.75 Å². The van der Waals surface area contributed by atoms with Gasteiger partial charge in [0, 0.05) is 11.1 Å². The van der Waals surface area contributed by atoms with Crippen LogP contribution in [0, 0.1) is 0 Å². The Morgan fingerprint density at radius 3 is 2.50 bits per heavy atom. The first-order valence-corrected chi connectivity index (χ1v) is 8.69. The Morgan fingerprint density at radius 1 is 1.12 bits per heavy atom. The lowest BCUT2D eigenvalue weighted by Crippen LogP contribution is -2.17. The number of rotatable bonds is 4. The fraction of sp³-hybridized carbons (Fsp3) is 0.111. The summed E-state index contributed by atoms with van der Waals surface area (Å²) in [6, 6.07) is 12.1. The fourth-order valence-corrected chi connectivity index (χ4v) is 3.41. The van der Waals surface area contributed by atoms with E-state index >= 15 is 0 Å². The SMILES string of the molecule is O=C1NC(=S)SC1=Cc1ccccc1OCc1ccccc1C(F)(F)F. The molecule has 2 aromatic rings. The number of thiocarbonyl (C=S) groups is 1. The zero-order valence-corrected chi connectivity index (χ0v) is 14.8. The molecule has 0 atom stereocenters. The number of amides is 1. The van der Waals surface area contributed by atoms with Crippen molar-refractivity contribution in [2.24, 2.45) is 0 Å². The van der Waals surface area contributed by atoms with Crippen LogP contribution in [0.1, 0.15) is 16.7 Å². The number of hydrogen-bond acceptors (Lipinski definition) is 4. The van der Waals surface area contributed by atoms with Crippen molar-refractivity contribution in [3.05, 3.63) is 70.1 Å². The van der Waals surface area contributed by atoms with Crippen molar-refractivity contribution in [1.82, 2.24) is 5.32 Å². The Labute approximate surface area is 157 Å². The summed E-state index contributed by atoms with van der Waals surface area (Å²) in [7, 11) is 0. The van der Waals surface area contributed by atoms with E-state index in [9.17, 15) is 18.0 Å². The third-order valence-corrected chi connectivity index (χ3v) is 4.72. The van der Waals surface area contributed by atoms with Crippen molar-refractivity contribution in [3.63, 3.8) is 0 Å². The monoisotopic (exact) mass is 395 g/mol. The van der Waals surface area contributed by atoms with Crippen molar-refractivity contribution in [2.75, 3.05) is 0 Å². The molecule has 3 rings (SSSR count). The van der Waals surface area contributed by atoms with Crippen LogP contribution in [-0.4, -0.2) is 10.2 Å². The van der Waals surface area contributed by atoms with E-state index in [1.807, 2.05) is 0 Å². The molecule has 2 aromatic carbocycles. The summed E-state index contributed by atoms with van der Waals surface area (Å²) in [6.45, 7) is -0.242. The number of ether oxygens (including phenoxy) is 1. The largest absolute Gasteiger partial charge is 0.488 e. The molecule has 1 amide bonds. The minimum atomic E-state index is -4.45. The minimum absolute atomic E-state index is 0.0385. The number of benzene rings is 2. The van der Waals surface area contributed by atoms with Gasteiger partial charge in [-0.25, -0.2) is 0 Å². The molecule has 1 N–H and O–H groups in total. The summed E-state index contributed by atoms with van der Waals surface area (Å²) in [6.07, 6.45) is -2.85. The predicted octanol–water partition coefficient (Wildman–Crippen LogP) is 4.77. The van der Waals surface area contributed by atoms with Crippen LogP contribution >= 0.6 is 24.0 Å². The van der Waals surface area contributed by atoms with Crippen molar-refractivity contribution in [1.29, 1.82) is 0 Å². The third-order valence-electron chi connectivity index (χ3n) is 3.55. The van der Waals surface area contributed by atoms with Gasteiger partial charge < -0.3 is 10.1 Å².